The van der Waals surface area contributed by atoms with E-state index < -0.39 is 0 Å². The predicted octanol–water partition coefficient (Wildman–Crippen LogP) is 3.02. The van der Waals surface area contributed by atoms with Crippen LogP contribution in [-0.2, 0) is 0 Å². The molecule has 0 N–H and O–H groups in total. The molecule has 0 spiro atoms. The van der Waals surface area contributed by atoms with Crippen molar-refractivity contribution in [3.8, 4) is 5.75 Å². The third kappa shape index (κ3) is 3.50. The van der Waals surface area contributed by atoms with Crippen LogP contribution >= 0.6 is 23.1 Å². The van der Waals surface area contributed by atoms with Crippen molar-refractivity contribution in [1.29, 1.82) is 0 Å². The highest BCUT2D eigenvalue weighted by Gasteiger charge is 1.98. The van der Waals surface area contributed by atoms with Gasteiger partial charge >= 0.3 is 0 Å². The van der Waals surface area contributed by atoms with Gasteiger partial charge in [0.25, 0.3) is 0 Å². The molecule has 1 aromatic carbocycles. The van der Waals surface area contributed by atoms with Crippen molar-refractivity contribution in [1.82, 2.24) is 10.2 Å². The Balaban J connectivity index is 1.72. The molecule has 5 heteroatoms. The lowest BCUT2D eigenvalue weighted by Gasteiger charge is -2.05. The first-order chi connectivity index (χ1) is 7.84. The molecular formula is C11H12N2OS2. The molecule has 0 saturated carbocycles. The van der Waals surface area contributed by atoms with Gasteiger partial charge in [-0.05, 0) is 24.6 Å². The second kappa shape index (κ2) is 5.86. The molecule has 0 fully saturated rings. The SMILES string of the molecule is Cc1cccc(OCCSc2nncs2)c1. The maximum absolute atomic E-state index is 5.62. The second-order valence-corrected chi connectivity index (χ2v) is 5.39. The number of rotatable bonds is 5. The fraction of sp³-hybridized carbons (Fsp3) is 0.273. The summed E-state index contributed by atoms with van der Waals surface area (Å²) in [5.74, 6) is 1.82. The monoisotopic (exact) mass is 252 g/mol. The number of aromatic nitrogens is 2. The minimum absolute atomic E-state index is 0.688. The minimum atomic E-state index is 0.688. The fourth-order valence-electron chi connectivity index (χ4n) is 1.22. The minimum Gasteiger partial charge on any atom is -0.493 e. The average Bonchev–Trinajstić information content (AvgIpc) is 2.77. The van der Waals surface area contributed by atoms with Crippen molar-refractivity contribution in [2.45, 2.75) is 11.3 Å². The topological polar surface area (TPSA) is 35.0 Å². The lowest BCUT2D eigenvalue weighted by molar-refractivity contribution is 0.343. The third-order valence-electron chi connectivity index (χ3n) is 1.91. The Hall–Kier alpha value is -1.07. The summed E-state index contributed by atoms with van der Waals surface area (Å²) in [6, 6.07) is 8.07. The molecule has 0 amide bonds. The van der Waals surface area contributed by atoms with Crippen LogP contribution in [0.1, 0.15) is 5.56 Å². The molecule has 1 aromatic heterocycles. The number of ether oxygens (including phenoxy) is 1. The zero-order valence-corrected chi connectivity index (χ0v) is 10.6. The van der Waals surface area contributed by atoms with Gasteiger partial charge in [0.05, 0.1) is 6.61 Å². The van der Waals surface area contributed by atoms with E-state index in [0.717, 1.165) is 15.8 Å². The molecular weight excluding hydrogens is 240 g/mol. The van der Waals surface area contributed by atoms with Gasteiger partial charge in [0.1, 0.15) is 11.3 Å². The van der Waals surface area contributed by atoms with Crippen LogP contribution in [0.15, 0.2) is 34.1 Å². The summed E-state index contributed by atoms with van der Waals surface area (Å²) in [5.41, 5.74) is 2.96. The van der Waals surface area contributed by atoms with Gasteiger partial charge in [0.2, 0.25) is 0 Å². The van der Waals surface area contributed by atoms with Crippen LogP contribution in [0.25, 0.3) is 0 Å². The highest BCUT2D eigenvalue weighted by molar-refractivity contribution is 8.01. The van der Waals surface area contributed by atoms with Crippen LogP contribution in [0.5, 0.6) is 5.75 Å². The standard InChI is InChI=1S/C11H12N2OS2/c1-9-3-2-4-10(7-9)14-5-6-15-11-13-12-8-16-11/h2-4,7-8H,5-6H2,1H3. The average molecular weight is 252 g/mol. The molecule has 2 rings (SSSR count). The van der Waals surface area contributed by atoms with Crippen molar-refractivity contribution >= 4 is 23.1 Å². The summed E-state index contributed by atoms with van der Waals surface area (Å²) in [4.78, 5) is 0. The van der Waals surface area contributed by atoms with E-state index in [2.05, 4.69) is 23.2 Å². The summed E-state index contributed by atoms with van der Waals surface area (Å²) in [6.07, 6.45) is 0. The maximum atomic E-state index is 5.62. The molecule has 0 aliphatic rings. The van der Waals surface area contributed by atoms with Crippen molar-refractivity contribution < 1.29 is 4.74 Å². The van der Waals surface area contributed by atoms with Crippen LogP contribution < -0.4 is 4.74 Å². The predicted molar refractivity (Wildman–Crippen MR) is 67.3 cm³/mol. The van der Waals surface area contributed by atoms with Crippen molar-refractivity contribution in [3.63, 3.8) is 0 Å². The van der Waals surface area contributed by atoms with Crippen LogP contribution in [0, 0.1) is 6.92 Å². The molecule has 2 aromatic rings. The van der Waals surface area contributed by atoms with E-state index >= 15 is 0 Å². The van der Waals surface area contributed by atoms with Crippen molar-refractivity contribution in [2.24, 2.45) is 0 Å². The van der Waals surface area contributed by atoms with Crippen molar-refractivity contribution in [2.75, 3.05) is 12.4 Å². The molecule has 16 heavy (non-hydrogen) atoms. The number of hydrogen-bond donors (Lipinski definition) is 0. The molecule has 1 heterocycles. The Bertz CT molecular complexity index is 431. The molecule has 3 nitrogen and oxygen atoms in total. The van der Waals surface area contributed by atoms with Gasteiger partial charge in [-0.2, -0.15) is 0 Å². The van der Waals surface area contributed by atoms with E-state index in [9.17, 15) is 0 Å². The molecule has 0 saturated heterocycles. The second-order valence-electron chi connectivity index (χ2n) is 3.22. The molecule has 0 atom stereocenters. The van der Waals surface area contributed by atoms with Gasteiger partial charge in [-0.3, -0.25) is 0 Å². The number of thioether (sulfide) groups is 1. The van der Waals surface area contributed by atoms with Crippen LogP contribution in [0.4, 0.5) is 0 Å². The van der Waals surface area contributed by atoms with Gasteiger partial charge in [-0.25, -0.2) is 0 Å². The summed E-state index contributed by atoms with van der Waals surface area (Å²) >= 11 is 3.23. The quantitative estimate of drug-likeness (QED) is 0.605. The van der Waals surface area contributed by atoms with Crippen LogP contribution in [0.3, 0.4) is 0 Å². The first kappa shape index (κ1) is 11.4. The first-order valence-corrected chi connectivity index (χ1v) is 6.79. The first-order valence-electron chi connectivity index (χ1n) is 4.93. The van der Waals surface area contributed by atoms with E-state index in [1.54, 1.807) is 28.6 Å². The summed E-state index contributed by atoms with van der Waals surface area (Å²) in [5, 5.41) is 7.73. The molecule has 0 unspecified atom stereocenters. The van der Waals surface area contributed by atoms with Gasteiger partial charge in [-0.1, -0.05) is 35.2 Å². The lowest BCUT2D eigenvalue weighted by Crippen LogP contribution is -1.99. The summed E-state index contributed by atoms with van der Waals surface area (Å²) in [6.45, 7) is 2.75. The molecule has 84 valence electrons. The highest BCUT2D eigenvalue weighted by Crippen LogP contribution is 2.19. The normalized spacial score (nSPS) is 10.3. The Morgan fingerprint density at radius 1 is 1.44 bits per heavy atom. The zero-order chi connectivity index (χ0) is 11.2. The summed E-state index contributed by atoms with van der Waals surface area (Å²) < 4.78 is 6.61. The van der Waals surface area contributed by atoms with Gasteiger partial charge < -0.3 is 4.74 Å². The molecule has 0 bridgehead atoms. The van der Waals surface area contributed by atoms with Gasteiger partial charge in [-0.15, -0.1) is 10.2 Å². The van der Waals surface area contributed by atoms with E-state index in [1.807, 2.05) is 18.2 Å². The summed E-state index contributed by atoms with van der Waals surface area (Å²) in [7, 11) is 0. The Labute approximate surface area is 103 Å². The Morgan fingerprint density at radius 3 is 3.12 bits per heavy atom. The number of hydrogen-bond acceptors (Lipinski definition) is 5. The fourth-order valence-corrected chi connectivity index (χ4v) is 2.60. The molecule has 0 aliphatic carbocycles. The van der Waals surface area contributed by atoms with Gasteiger partial charge in [0.15, 0.2) is 4.34 Å². The van der Waals surface area contributed by atoms with Crippen molar-refractivity contribution in [3.05, 3.63) is 35.3 Å². The lowest BCUT2D eigenvalue weighted by atomic mass is 10.2. The smallest absolute Gasteiger partial charge is 0.174 e. The molecule has 0 aliphatic heterocycles. The number of benzene rings is 1. The zero-order valence-electron chi connectivity index (χ0n) is 8.92. The van der Waals surface area contributed by atoms with E-state index in [0.29, 0.717) is 6.61 Å². The largest absolute Gasteiger partial charge is 0.493 e. The molecule has 0 radical (unpaired) electrons. The van der Waals surface area contributed by atoms with Crippen LogP contribution in [-0.4, -0.2) is 22.6 Å². The maximum Gasteiger partial charge on any atom is 0.174 e. The van der Waals surface area contributed by atoms with E-state index in [-0.39, 0.29) is 0 Å². The third-order valence-corrected chi connectivity index (χ3v) is 3.73. The van der Waals surface area contributed by atoms with E-state index in [1.165, 1.54) is 5.56 Å². The van der Waals surface area contributed by atoms with Crippen LogP contribution in [0.2, 0.25) is 0 Å². The number of aryl methyl sites for hydroxylation is 1. The van der Waals surface area contributed by atoms with E-state index in [4.69, 9.17) is 4.74 Å². The Kier molecular flexibility index (Phi) is 4.18. The Morgan fingerprint density at radius 2 is 2.38 bits per heavy atom. The highest BCUT2D eigenvalue weighted by atomic mass is 32.2. The number of nitrogens with zero attached hydrogens (tertiary/aromatic N) is 2. The van der Waals surface area contributed by atoms with Gasteiger partial charge in [0, 0.05) is 5.75 Å².